The van der Waals surface area contributed by atoms with Crippen molar-refractivity contribution in [1.82, 2.24) is 0 Å². The summed E-state index contributed by atoms with van der Waals surface area (Å²) >= 11 is 1.74. The van der Waals surface area contributed by atoms with E-state index in [1.165, 1.54) is 66.1 Å². The summed E-state index contributed by atoms with van der Waals surface area (Å²) in [6.45, 7) is 27.0. The number of fused-ring (bicyclic) bond motifs is 2. The van der Waals surface area contributed by atoms with Gasteiger partial charge in [0.25, 0.3) is 0 Å². The molecule has 0 saturated carbocycles. The molecule has 0 N–H and O–H groups in total. The van der Waals surface area contributed by atoms with E-state index in [9.17, 15) is 0 Å². The van der Waals surface area contributed by atoms with Crippen LogP contribution in [0.25, 0.3) is 21.5 Å². The number of halogens is 2. The molecule has 36 heavy (non-hydrogen) atoms. The fourth-order valence-electron chi connectivity index (χ4n) is 4.77. The molecule has 0 bridgehead atoms. The Labute approximate surface area is 248 Å². The van der Waals surface area contributed by atoms with E-state index in [2.05, 4.69) is 119 Å². The van der Waals surface area contributed by atoms with Crippen LogP contribution in [0.4, 0.5) is 0 Å². The van der Waals surface area contributed by atoms with E-state index >= 15 is 0 Å². The summed E-state index contributed by atoms with van der Waals surface area (Å²) in [5, 5.41) is 5.78. The molecule has 4 aromatic rings. The van der Waals surface area contributed by atoms with Gasteiger partial charge in [0, 0.05) is 0 Å². The van der Waals surface area contributed by atoms with Gasteiger partial charge >= 0.3 is 41.9 Å². The van der Waals surface area contributed by atoms with E-state index in [0.29, 0.717) is 11.8 Å². The van der Waals surface area contributed by atoms with Gasteiger partial charge in [-0.3, -0.25) is 0 Å². The van der Waals surface area contributed by atoms with E-state index in [0.717, 1.165) is 0 Å². The van der Waals surface area contributed by atoms with E-state index in [4.69, 9.17) is 0 Å². The van der Waals surface area contributed by atoms with Gasteiger partial charge in [0.2, 0.25) is 0 Å². The first-order valence-electron chi connectivity index (χ1n) is 12.6. The Morgan fingerprint density at radius 3 is 1.14 bits per heavy atom. The van der Waals surface area contributed by atoms with Gasteiger partial charge in [0.1, 0.15) is 0 Å². The third-order valence-corrected chi connectivity index (χ3v) is 6.61. The van der Waals surface area contributed by atoms with Crippen LogP contribution in [0.15, 0.2) is 36.4 Å². The molecule has 0 fully saturated rings. The minimum Gasteiger partial charge on any atom is -1.00 e. The molecule has 0 amide bonds. The van der Waals surface area contributed by atoms with Crippen molar-refractivity contribution < 1.29 is 48.1 Å². The Morgan fingerprint density at radius 2 is 0.889 bits per heavy atom. The molecule has 0 heterocycles. The summed E-state index contributed by atoms with van der Waals surface area (Å²) in [4.78, 5) is 0. The van der Waals surface area contributed by atoms with E-state index in [1.807, 2.05) is 0 Å². The van der Waals surface area contributed by atoms with E-state index in [1.54, 1.807) is 23.3 Å². The second-order valence-corrected chi connectivity index (χ2v) is 20.2. The van der Waals surface area contributed by atoms with Gasteiger partial charge in [-0.1, -0.05) is 89.8 Å². The van der Waals surface area contributed by atoms with Gasteiger partial charge in [-0.15, -0.1) is 56.9 Å². The summed E-state index contributed by atoms with van der Waals surface area (Å²) in [6.07, 6.45) is 0. The van der Waals surface area contributed by atoms with Crippen LogP contribution in [0, 0.1) is 41.5 Å². The van der Waals surface area contributed by atoms with Gasteiger partial charge in [-0.25, -0.2) is 0 Å². The van der Waals surface area contributed by atoms with Gasteiger partial charge in [-0.05, 0) is 25.7 Å². The maximum absolute atomic E-state index is 2.33. The van der Waals surface area contributed by atoms with Crippen molar-refractivity contribution in [2.75, 3.05) is 0 Å². The number of rotatable bonds is 2. The molecule has 0 aliphatic heterocycles. The molecule has 196 valence electrons. The quantitative estimate of drug-likeness (QED) is 0.236. The van der Waals surface area contributed by atoms with Gasteiger partial charge in [0.05, 0.1) is 0 Å². The summed E-state index contributed by atoms with van der Waals surface area (Å²) in [6, 6.07) is 13.9. The van der Waals surface area contributed by atoms with Crippen molar-refractivity contribution in [3.05, 3.63) is 80.9 Å². The Hall–Kier alpha value is -0.660. The third kappa shape index (κ3) is 8.69. The predicted octanol–water partition coefficient (Wildman–Crippen LogP) is 4.01. The number of hydrogen-bond acceptors (Lipinski definition) is 0. The molecule has 0 radical (unpaired) electrons. The van der Waals surface area contributed by atoms with Crippen molar-refractivity contribution >= 4 is 27.0 Å². The topological polar surface area (TPSA) is 0 Å². The number of benzene rings is 2. The molecule has 0 saturated heterocycles. The summed E-state index contributed by atoms with van der Waals surface area (Å²) in [5.41, 5.74) is 11.7. The Balaban J connectivity index is 0.000000566. The zero-order valence-corrected chi connectivity index (χ0v) is 29.3. The van der Waals surface area contributed by atoms with Crippen LogP contribution >= 0.6 is 0 Å². The molecule has 0 aliphatic carbocycles. The second kappa shape index (κ2) is 15.1. The summed E-state index contributed by atoms with van der Waals surface area (Å²) in [5.74, 6) is 1.21. The van der Waals surface area contributed by atoms with Crippen LogP contribution in [-0.4, -0.2) is 5.43 Å². The SMILES string of the molecule is C[Si](C)=[Zr+2].Cc1cc(C(C)C)c2c(C)c(C)[cH-]c2c1.Cc1cc(C(C)C)c2c(C)c(C)[cH-]c2c1.[Cl-].[Cl-]. The van der Waals surface area contributed by atoms with Crippen LogP contribution in [0.1, 0.15) is 84.0 Å². The average Bonchev–Trinajstić information content (AvgIpc) is 3.15. The minimum absolute atomic E-state index is 0. The molecule has 4 aromatic carbocycles. The molecule has 0 aliphatic rings. The second-order valence-electron chi connectivity index (χ2n) is 10.9. The van der Waals surface area contributed by atoms with Gasteiger partial charge in [0.15, 0.2) is 0 Å². The zero-order chi connectivity index (χ0) is 25.9. The number of hydrogen-bond donors (Lipinski definition) is 0. The van der Waals surface area contributed by atoms with Gasteiger partial charge in [-0.2, -0.15) is 11.1 Å². The first-order chi connectivity index (χ1) is 15.7. The fourth-order valence-corrected chi connectivity index (χ4v) is 4.77. The van der Waals surface area contributed by atoms with Crippen LogP contribution in [0.5, 0.6) is 0 Å². The zero-order valence-electron chi connectivity index (χ0n) is 24.4. The largest absolute Gasteiger partial charge is 1.00 e. The van der Waals surface area contributed by atoms with E-state index in [-0.39, 0.29) is 30.2 Å². The molecule has 4 rings (SSSR count). The Morgan fingerprint density at radius 1 is 0.611 bits per heavy atom. The summed E-state index contributed by atoms with van der Waals surface area (Å²) < 4.78 is 0. The summed E-state index contributed by atoms with van der Waals surface area (Å²) in [7, 11) is 0. The normalized spacial score (nSPS) is 10.4. The van der Waals surface area contributed by atoms with Crippen molar-refractivity contribution in [3.63, 3.8) is 0 Å². The molecule has 0 spiro atoms. The fraction of sp³-hybridized carbons (Fsp3) is 0.438. The van der Waals surface area contributed by atoms with Crippen molar-refractivity contribution in [1.29, 1.82) is 0 Å². The molecule has 0 aromatic heterocycles. The average molecular weight is 619 g/mol. The van der Waals surface area contributed by atoms with Crippen LogP contribution in [0.2, 0.25) is 13.1 Å². The molecule has 0 atom stereocenters. The molecule has 0 unspecified atom stereocenters. The minimum atomic E-state index is 0. The Kier molecular flexibility index (Phi) is 14.8. The van der Waals surface area contributed by atoms with Crippen molar-refractivity contribution in [2.45, 2.75) is 94.2 Å². The first kappa shape index (κ1) is 35.3. The number of aryl methyl sites for hydroxylation is 6. The monoisotopic (exact) mass is 616 g/mol. The van der Waals surface area contributed by atoms with Crippen LogP contribution in [0.3, 0.4) is 0 Å². The molecular formula is C32H44Cl2SiZr-2. The third-order valence-electron chi connectivity index (χ3n) is 6.61. The van der Waals surface area contributed by atoms with E-state index < -0.39 is 0 Å². The van der Waals surface area contributed by atoms with Crippen LogP contribution in [-0.2, 0) is 23.3 Å². The van der Waals surface area contributed by atoms with Crippen molar-refractivity contribution in [2.24, 2.45) is 0 Å². The van der Waals surface area contributed by atoms with Crippen LogP contribution < -0.4 is 24.8 Å². The Bertz CT molecular complexity index is 1210. The molecule has 0 nitrogen and oxygen atoms in total. The predicted molar refractivity (Wildman–Crippen MR) is 153 cm³/mol. The standard InChI is InChI=1S/2C15H19.C2H6Si.2ClH.Zr/c2*1-9(2)14-7-10(3)6-13-8-11(4)12(5)15(13)14;1-3-2;;;/h2*6-9H,1-5H3;1-2H3;2*1H;/q2*-1;;;;+2/p-2. The maximum Gasteiger partial charge on any atom is -0.0308 e. The molecule has 4 heteroatoms. The smallest absolute Gasteiger partial charge is 0.0308 e. The molecular weight excluding hydrogens is 575 g/mol. The maximum atomic E-state index is 2.33. The van der Waals surface area contributed by atoms with Gasteiger partial charge < -0.3 is 24.8 Å². The van der Waals surface area contributed by atoms with Crippen molar-refractivity contribution in [3.8, 4) is 0 Å². The first-order valence-corrected chi connectivity index (χ1v) is 18.8.